The van der Waals surface area contributed by atoms with Crippen molar-refractivity contribution in [3.63, 3.8) is 0 Å². The van der Waals surface area contributed by atoms with Crippen molar-refractivity contribution in [1.82, 2.24) is 14.8 Å². The van der Waals surface area contributed by atoms with Crippen LogP contribution in [0.1, 0.15) is 5.69 Å². The van der Waals surface area contributed by atoms with Crippen LogP contribution in [0.25, 0.3) is 22.2 Å². The zero-order valence-electron chi connectivity index (χ0n) is 9.66. The van der Waals surface area contributed by atoms with Crippen LogP contribution >= 0.6 is 0 Å². The highest BCUT2D eigenvalue weighted by molar-refractivity contribution is 5.86. The van der Waals surface area contributed by atoms with Gasteiger partial charge in [0, 0.05) is 35.4 Å². The molecule has 3 aromatic rings. The van der Waals surface area contributed by atoms with Crippen LogP contribution in [0.2, 0.25) is 0 Å². The lowest BCUT2D eigenvalue weighted by molar-refractivity contribution is 0.630. The number of aromatic amines is 1. The molecule has 0 unspecified atom stereocenters. The Morgan fingerprint density at radius 3 is 2.82 bits per heavy atom. The molecule has 0 spiro atoms. The average molecular weight is 229 g/mol. The van der Waals surface area contributed by atoms with Crippen LogP contribution in [-0.4, -0.2) is 14.8 Å². The van der Waals surface area contributed by atoms with Crippen LogP contribution in [0.15, 0.2) is 30.5 Å². The van der Waals surface area contributed by atoms with E-state index in [4.69, 9.17) is 0 Å². The minimum atomic E-state index is -0.217. The number of nitrogens with one attached hydrogen (secondary N) is 1. The molecule has 86 valence electrons. The smallest absolute Gasteiger partial charge is 0.123 e. The quantitative estimate of drug-likeness (QED) is 0.683. The number of aryl methyl sites for hydroxylation is 2. The number of halogens is 1. The van der Waals surface area contributed by atoms with E-state index in [9.17, 15) is 4.39 Å². The first kappa shape index (κ1) is 10.1. The number of hydrogen-bond acceptors (Lipinski definition) is 1. The minimum Gasteiger partial charge on any atom is -0.354 e. The van der Waals surface area contributed by atoms with Gasteiger partial charge in [-0.05, 0) is 31.2 Å². The second-order valence-electron chi connectivity index (χ2n) is 4.22. The van der Waals surface area contributed by atoms with Gasteiger partial charge in [0.1, 0.15) is 5.82 Å². The van der Waals surface area contributed by atoms with E-state index in [0.717, 1.165) is 27.9 Å². The molecule has 0 saturated carbocycles. The van der Waals surface area contributed by atoms with E-state index in [1.54, 1.807) is 10.7 Å². The van der Waals surface area contributed by atoms with Crippen molar-refractivity contribution in [3.05, 3.63) is 42.0 Å². The van der Waals surface area contributed by atoms with E-state index in [0.29, 0.717) is 0 Å². The number of rotatable bonds is 1. The van der Waals surface area contributed by atoms with Gasteiger partial charge < -0.3 is 4.98 Å². The van der Waals surface area contributed by atoms with Crippen molar-refractivity contribution in [3.8, 4) is 11.3 Å². The van der Waals surface area contributed by atoms with Crippen LogP contribution < -0.4 is 0 Å². The molecule has 3 rings (SSSR count). The van der Waals surface area contributed by atoms with Gasteiger partial charge in [-0.25, -0.2) is 4.39 Å². The van der Waals surface area contributed by atoms with Gasteiger partial charge in [0.15, 0.2) is 0 Å². The minimum absolute atomic E-state index is 0.217. The first-order valence-corrected chi connectivity index (χ1v) is 5.42. The Balaban J connectivity index is 2.21. The van der Waals surface area contributed by atoms with E-state index in [-0.39, 0.29) is 5.82 Å². The number of aromatic nitrogens is 3. The topological polar surface area (TPSA) is 33.6 Å². The van der Waals surface area contributed by atoms with Gasteiger partial charge in [-0.2, -0.15) is 5.10 Å². The van der Waals surface area contributed by atoms with Crippen LogP contribution in [0.5, 0.6) is 0 Å². The molecule has 1 aromatic carbocycles. The molecule has 1 N–H and O–H groups in total. The maximum absolute atomic E-state index is 13.1. The predicted octanol–water partition coefficient (Wildman–Crippen LogP) is 3.02. The molecule has 2 aromatic heterocycles. The predicted molar refractivity (Wildman–Crippen MR) is 65.2 cm³/mol. The molecule has 3 nitrogen and oxygen atoms in total. The SMILES string of the molecule is Cc1nn(C)cc1-c1cc2cc(F)ccc2[nH]1. The molecule has 0 aliphatic carbocycles. The lowest BCUT2D eigenvalue weighted by Gasteiger charge is -1.92. The fourth-order valence-corrected chi connectivity index (χ4v) is 2.11. The maximum atomic E-state index is 13.1. The zero-order chi connectivity index (χ0) is 12.0. The third-order valence-electron chi connectivity index (χ3n) is 2.89. The van der Waals surface area contributed by atoms with Crippen molar-refractivity contribution in [2.75, 3.05) is 0 Å². The fraction of sp³-hybridized carbons (Fsp3) is 0.154. The molecular formula is C13H12FN3. The van der Waals surface area contributed by atoms with E-state index in [2.05, 4.69) is 10.1 Å². The first-order valence-electron chi connectivity index (χ1n) is 5.42. The molecule has 0 aliphatic rings. The number of hydrogen-bond donors (Lipinski definition) is 1. The summed E-state index contributed by atoms with van der Waals surface area (Å²) in [5, 5.41) is 5.18. The van der Waals surface area contributed by atoms with Gasteiger partial charge in [0.25, 0.3) is 0 Å². The molecule has 0 radical (unpaired) electrons. The molecule has 4 heteroatoms. The molecule has 0 saturated heterocycles. The second-order valence-corrected chi connectivity index (χ2v) is 4.22. The van der Waals surface area contributed by atoms with Crippen molar-refractivity contribution in [2.24, 2.45) is 7.05 Å². The molecule has 0 atom stereocenters. The van der Waals surface area contributed by atoms with Crippen molar-refractivity contribution >= 4 is 10.9 Å². The molecule has 0 bridgehead atoms. The highest BCUT2D eigenvalue weighted by atomic mass is 19.1. The van der Waals surface area contributed by atoms with E-state index in [1.807, 2.05) is 26.2 Å². The zero-order valence-corrected chi connectivity index (χ0v) is 9.66. The highest BCUT2D eigenvalue weighted by Crippen LogP contribution is 2.26. The first-order chi connectivity index (χ1) is 8.13. The summed E-state index contributed by atoms with van der Waals surface area (Å²) in [7, 11) is 1.89. The van der Waals surface area contributed by atoms with Gasteiger partial charge >= 0.3 is 0 Å². The third kappa shape index (κ3) is 1.62. The summed E-state index contributed by atoms with van der Waals surface area (Å²) in [6.07, 6.45) is 1.95. The normalized spacial score (nSPS) is 11.2. The van der Waals surface area contributed by atoms with E-state index >= 15 is 0 Å². The fourth-order valence-electron chi connectivity index (χ4n) is 2.11. The molecule has 17 heavy (non-hydrogen) atoms. The summed E-state index contributed by atoms with van der Waals surface area (Å²) in [5.74, 6) is -0.217. The lowest BCUT2D eigenvalue weighted by Crippen LogP contribution is -1.86. The highest BCUT2D eigenvalue weighted by Gasteiger charge is 2.09. The standard InChI is InChI=1S/C13H12FN3/c1-8-11(7-17(2)16-8)13-6-9-5-10(14)3-4-12(9)15-13/h3-7,15H,1-2H3. The van der Waals surface area contributed by atoms with Crippen LogP contribution in [-0.2, 0) is 7.05 Å². The van der Waals surface area contributed by atoms with Gasteiger partial charge in [-0.15, -0.1) is 0 Å². The summed E-state index contributed by atoms with van der Waals surface area (Å²) in [5.41, 5.74) is 3.91. The lowest BCUT2D eigenvalue weighted by atomic mass is 10.2. The number of fused-ring (bicyclic) bond motifs is 1. The van der Waals surface area contributed by atoms with Crippen LogP contribution in [0.3, 0.4) is 0 Å². The van der Waals surface area contributed by atoms with Crippen molar-refractivity contribution in [2.45, 2.75) is 6.92 Å². The Labute approximate surface area is 97.9 Å². The van der Waals surface area contributed by atoms with Gasteiger partial charge in [0.2, 0.25) is 0 Å². The molecule has 2 heterocycles. The summed E-state index contributed by atoms with van der Waals surface area (Å²) in [6.45, 7) is 1.96. The molecule has 0 amide bonds. The Bertz CT molecular complexity index is 694. The Kier molecular flexibility index (Phi) is 2.04. The molecule has 0 fully saturated rings. The van der Waals surface area contributed by atoms with Crippen molar-refractivity contribution < 1.29 is 4.39 Å². The van der Waals surface area contributed by atoms with Crippen LogP contribution in [0, 0.1) is 12.7 Å². The molecular weight excluding hydrogens is 217 g/mol. The summed E-state index contributed by atoms with van der Waals surface area (Å²) < 4.78 is 14.9. The van der Waals surface area contributed by atoms with E-state index in [1.165, 1.54) is 12.1 Å². The Hall–Kier alpha value is -2.10. The number of nitrogens with zero attached hydrogens (tertiary/aromatic N) is 2. The Morgan fingerprint density at radius 2 is 2.12 bits per heavy atom. The monoisotopic (exact) mass is 229 g/mol. The summed E-state index contributed by atoms with van der Waals surface area (Å²) in [6, 6.07) is 6.68. The van der Waals surface area contributed by atoms with Crippen LogP contribution in [0.4, 0.5) is 4.39 Å². The second kappa shape index (κ2) is 3.45. The largest absolute Gasteiger partial charge is 0.354 e. The van der Waals surface area contributed by atoms with E-state index < -0.39 is 0 Å². The van der Waals surface area contributed by atoms with Crippen molar-refractivity contribution in [1.29, 1.82) is 0 Å². The number of H-pyrrole nitrogens is 1. The van der Waals surface area contributed by atoms with Gasteiger partial charge in [0.05, 0.1) is 5.69 Å². The van der Waals surface area contributed by atoms with Gasteiger partial charge in [-0.1, -0.05) is 0 Å². The Morgan fingerprint density at radius 1 is 1.29 bits per heavy atom. The summed E-state index contributed by atoms with van der Waals surface area (Å²) >= 11 is 0. The summed E-state index contributed by atoms with van der Waals surface area (Å²) in [4.78, 5) is 3.27. The number of benzene rings is 1. The third-order valence-corrected chi connectivity index (χ3v) is 2.89. The molecule has 0 aliphatic heterocycles. The maximum Gasteiger partial charge on any atom is 0.123 e. The average Bonchev–Trinajstić information content (AvgIpc) is 2.80. The van der Waals surface area contributed by atoms with Gasteiger partial charge in [-0.3, -0.25) is 4.68 Å².